The van der Waals surface area contributed by atoms with Crippen molar-refractivity contribution in [1.29, 1.82) is 0 Å². The molecule has 3 aromatic heterocycles. The number of fused-ring (bicyclic) bond motifs is 2. The van der Waals surface area contributed by atoms with E-state index in [1.807, 2.05) is 0 Å². The van der Waals surface area contributed by atoms with Gasteiger partial charge in [0.05, 0.1) is 37.3 Å². The Morgan fingerprint density at radius 2 is 1.94 bits per heavy atom. The van der Waals surface area contributed by atoms with Gasteiger partial charge in [0.1, 0.15) is 11.3 Å². The molecular weight excluding hydrogens is 431 g/mol. The Balaban J connectivity index is 2.01. The van der Waals surface area contributed by atoms with Crippen LogP contribution in [0.5, 0.6) is 0 Å². The first-order valence-corrected chi connectivity index (χ1v) is 9.68. The number of hydrogen-bond acceptors (Lipinski definition) is 5. The van der Waals surface area contributed by atoms with Gasteiger partial charge in [0, 0.05) is 5.56 Å². The Labute approximate surface area is 181 Å². The van der Waals surface area contributed by atoms with Gasteiger partial charge in [0.25, 0.3) is 6.43 Å². The van der Waals surface area contributed by atoms with Crippen molar-refractivity contribution < 1.29 is 17.6 Å². The van der Waals surface area contributed by atoms with Gasteiger partial charge in [-0.2, -0.15) is 12.6 Å². The van der Waals surface area contributed by atoms with Gasteiger partial charge in [0.2, 0.25) is 5.95 Å². The number of benzene rings is 1. The Bertz CT molecular complexity index is 1310. The number of nitrogen functional groups attached to an aromatic ring is 1. The summed E-state index contributed by atoms with van der Waals surface area (Å²) in [5, 5.41) is 3.99. The Morgan fingerprint density at radius 1 is 1.23 bits per heavy atom. The van der Waals surface area contributed by atoms with Crippen LogP contribution in [0.2, 0.25) is 0 Å². The lowest BCUT2D eigenvalue weighted by Crippen LogP contribution is -2.22. The lowest BCUT2D eigenvalue weighted by Gasteiger charge is -2.18. The Kier molecular flexibility index (Phi) is 5.15. The quantitative estimate of drug-likeness (QED) is 0.278. The standard InChI is InChI=1S/C19H17BF4N6S/c1-8-26-16-10(21)3-9(4-13(16)29(8)7-14(23)24)15-11(22)6-30-17(15)12(5-19(2,20)31)27-18(25)28-30/h3-4,6,14,31H,5,7H2,1-2H3,(H2,25,28). The third-order valence-corrected chi connectivity index (χ3v) is 4.96. The van der Waals surface area contributed by atoms with Crippen LogP contribution in [0, 0.1) is 18.6 Å². The third-order valence-electron chi connectivity index (χ3n) is 4.81. The van der Waals surface area contributed by atoms with Gasteiger partial charge in [0.15, 0.2) is 11.6 Å². The van der Waals surface area contributed by atoms with E-state index in [0.717, 1.165) is 12.3 Å². The molecule has 2 N–H and O–H groups in total. The molecule has 0 bridgehead atoms. The molecule has 6 nitrogen and oxygen atoms in total. The molecule has 0 amide bonds. The van der Waals surface area contributed by atoms with Crippen molar-refractivity contribution in [3.05, 3.63) is 41.5 Å². The molecule has 1 aromatic carbocycles. The van der Waals surface area contributed by atoms with Gasteiger partial charge in [-0.1, -0.05) is 6.92 Å². The summed E-state index contributed by atoms with van der Waals surface area (Å²) in [7, 11) is 5.99. The molecule has 31 heavy (non-hydrogen) atoms. The maximum atomic E-state index is 15.0. The second-order valence-corrected chi connectivity index (χ2v) is 8.60. The maximum Gasteiger partial charge on any atom is 0.256 e. The summed E-state index contributed by atoms with van der Waals surface area (Å²) >= 11 is 4.30. The predicted molar refractivity (Wildman–Crippen MR) is 114 cm³/mol. The summed E-state index contributed by atoms with van der Waals surface area (Å²) in [6, 6.07) is 2.52. The van der Waals surface area contributed by atoms with Crippen molar-refractivity contribution in [3.63, 3.8) is 0 Å². The molecule has 0 aliphatic carbocycles. The van der Waals surface area contributed by atoms with E-state index in [9.17, 15) is 13.2 Å². The molecule has 0 saturated heterocycles. The zero-order valence-corrected chi connectivity index (χ0v) is 17.5. The topological polar surface area (TPSA) is 74.0 Å². The number of nitrogens with zero attached hydrogens (tertiary/aromatic N) is 5. The van der Waals surface area contributed by atoms with Gasteiger partial charge < -0.3 is 10.3 Å². The molecule has 0 aliphatic rings. The zero-order valence-electron chi connectivity index (χ0n) is 16.6. The second kappa shape index (κ2) is 7.43. The monoisotopic (exact) mass is 448 g/mol. The normalized spacial score (nSPS) is 14.1. The SMILES string of the molecule is [B]C(C)(S)Cc1nc(N)nn2cc(F)c(-c3cc(F)c4nc(C)n(CC(F)F)c4c3)c12. The van der Waals surface area contributed by atoms with Crippen LogP contribution in [-0.2, 0) is 13.0 Å². The van der Waals surface area contributed by atoms with E-state index in [1.165, 1.54) is 22.1 Å². The van der Waals surface area contributed by atoms with E-state index in [-0.39, 0.29) is 45.9 Å². The average molecular weight is 448 g/mol. The summed E-state index contributed by atoms with van der Waals surface area (Å²) in [6.45, 7) is 2.47. The molecule has 3 heterocycles. The van der Waals surface area contributed by atoms with Crippen LogP contribution >= 0.6 is 12.6 Å². The largest absolute Gasteiger partial charge is 0.367 e. The number of aromatic nitrogens is 5. The molecule has 2 radical (unpaired) electrons. The number of halogens is 4. The van der Waals surface area contributed by atoms with Crippen molar-refractivity contribution in [1.82, 2.24) is 24.1 Å². The Hall–Kier alpha value is -2.76. The minimum atomic E-state index is -2.67. The number of rotatable bonds is 5. The highest BCUT2D eigenvalue weighted by Crippen LogP contribution is 2.35. The molecule has 1 unspecified atom stereocenters. The smallest absolute Gasteiger partial charge is 0.256 e. The van der Waals surface area contributed by atoms with Crippen LogP contribution < -0.4 is 5.73 Å². The summed E-state index contributed by atoms with van der Waals surface area (Å²) in [5.74, 6) is -1.36. The number of alkyl halides is 2. The number of thiol groups is 1. The van der Waals surface area contributed by atoms with Crippen LogP contribution in [0.15, 0.2) is 18.3 Å². The second-order valence-electron chi connectivity index (χ2n) is 7.58. The van der Waals surface area contributed by atoms with E-state index < -0.39 is 29.3 Å². The summed E-state index contributed by atoms with van der Waals surface area (Å²) < 4.78 is 57.4. The minimum absolute atomic E-state index is 0.00386. The highest BCUT2D eigenvalue weighted by molar-refractivity contribution is 7.83. The minimum Gasteiger partial charge on any atom is -0.367 e. The zero-order chi connectivity index (χ0) is 22.7. The van der Waals surface area contributed by atoms with Crippen LogP contribution in [0.3, 0.4) is 0 Å². The number of anilines is 1. The van der Waals surface area contributed by atoms with Gasteiger partial charge in [-0.3, -0.25) is 0 Å². The molecule has 12 heteroatoms. The van der Waals surface area contributed by atoms with E-state index in [2.05, 4.69) is 27.7 Å². The van der Waals surface area contributed by atoms with E-state index in [0.29, 0.717) is 5.69 Å². The molecule has 4 rings (SSSR count). The fourth-order valence-electron chi connectivity index (χ4n) is 3.69. The van der Waals surface area contributed by atoms with Crippen LogP contribution in [0.1, 0.15) is 18.4 Å². The number of hydrogen-bond donors (Lipinski definition) is 2. The van der Waals surface area contributed by atoms with Gasteiger partial charge in [-0.25, -0.2) is 32.0 Å². The molecule has 0 fully saturated rings. The predicted octanol–water partition coefficient (Wildman–Crippen LogP) is 3.54. The fraction of sp³-hybridized carbons (Fsp3) is 0.316. The molecule has 0 aliphatic heterocycles. The molecule has 0 saturated carbocycles. The van der Waals surface area contributed by atoms with Crippen molar-refractivity contribution in [3.8, 4) is 11.1 Å². The van der Waals surface area contributed by atoms with Crippen LogP contribution in [-0.4, -0.2) is 43.1 Å². The molecule has 160 valence electrons. The van der Waals surface area contributed by atoms with E-state index in [1.54, 1.807) is 6.92 Å². The lowest BCUT2D eigenvalue weighted by molar-refractivity contribution is 0.127. The van der Waals surface area contributed by atoms with Crippen molar-refractivity contribution >= 4 is 43.0 Å². The molecule has 0 spiro atoms. The maximum absolute atomic E-state index is 15.0. The fourth-order valence-corrected chi connectivity index (χ4v) is 3.84. The van der Waals surface area contributed by atoms with Crippen LogP contribution in [0.4, 0.5) is 23.5 Å². The first-order valence-electron chi connectivity index (χ1n) is 9.24. The van der Waals surface area contributed by atoms with E-state index >= 15 is 4.39 Å². The van der Waals surface area contributed by atoms with Gasteiger partial charge >= 0.3 is 0 Å². The lowest BCUT2D eigenvalue weighted by atomic mass is 9.83. The summed E-state index contributed by atoms with van der Waals surface area (Å²) in [4.78, 5) is 8.21. The number of nitrogens with two attached hydrogens (primary N) is 1. The van der Waals surface area contributed by atoms with Crippen molar-refractivity contribution in [2.75, 3.05) is 5.73 Å². The highest BCUT2D eigenvalue weighted by atomic mass is 32.1. The first kappa shape index (κ1) is 21.5. The highest BCUT2D eigenvalue weighted by Gasteiger charge is 2.24. The van der Waals surface area contributed by atoms with Gasteiger partial charge in [-0.05, 0) is 35.7 Å². The first-order chi connectivity index (χ1) is 14.4. The third kappa shape index (κ3) is 3.96. The molecule has 4 aromatic rings. The van der Waals surface area contributed by atoms with E-state index in [4.69, 9.17) is 13.6 Å². The number of aryl methyl sites for hydroxylation is 1. The number of imidazole rings is 1. The van der Waals surface area contributed by atoms with Gasteiger partial charge in [-0.15, -0.1) is 5.10 Å². The summed E-state index contributed by atoms with van der Waals surface area (Å²) in [6.07, 6.45) is -1.48. The molecule has 1 atom stereocenters. The van der Waals surface area contributed by atoms with Crippen molar-refractivity contribution in [2.45, 2.75) is 37.9 Å². The average Bonchev–Trinajstić information content (AvgIpc) is 3.10. The molecular formula is C19H17BF4N6S. The van der Waals surface area contributed by atoms with Crippen LogP contribution in [0.25, 0.3) is 27.7 Å². The summed E-state index contributed by atoms with van der Waals surface area (Å²) in [5.41, 5.74) is 6.44. The van der Waals surface area contributed by atoms with Crippen molar-refractivity contribution in [2.24, 2.45) is 0 Å². The Morgan fingerprint density at radius 3 is 2.58 bits per heavy atom.